The molecule has 0 aromatic carbocycles. The zero-order chi connectivity index (χ0) is 17.9. The van der Waals surface area contributed by atoms with Gasteiger partial charge in [0.15, 0.2) is 0 Å². The van der Waals surface area contributed by atoms with Gasteiger partial charge in [0.1, 0.15) is 0 Å². The van der Waals surface area contributed by atoms with Crippen LogP contribution in [0.15, 0.2) is 5.38 Å². The summed E-state index contributed by atoms with van der Waals surface area (Å²) in [7, 11) is 0. The molecule has 0 saturated carbocycles. The lowest BCUT2D eigenvalue weighted by Crippen LogP contribution is -2.51. The van der Waals surface area contributed by atoms with Crippen molar-refractivity contribution in [2.45, 2.75) is 58.0 Å². The molecule has 3 fully saturated rings. The van der Waals surface area contributed by atoms with Gasteiger partial charge < -0.3 is 4.90 Å². The van der Waals surface area contributed by atoms with Crippen molar-refractivity contribution in [3.63, 3.8) is 0 Å². The number of nitrogens with zero attached hydrogens (tertiary/aromatic N) is 4. The molecule has 6 heteroatoms. The van der Waals surface area contributed by atoms with E-state index >= 15 is 0 Å². The molecule has 1 aromatic rings. The predicted molar refractivity (Wildman–Crippen MR) is 105 cm³/mol. The largest absolute Gasteiger partial charge is 0.342 e. The van der Waals surface area contributed by atoms with Gasteiger partial charge in [0.05, 0.1) is 16.6 Å². The van der Waals surface area contributed by atoms with Crippen LogP contribution < -0.4 is 0 Å². The average molecular weight is 377 g/mol. The molecule has 4 rings (SSSR count). The van der Waals surface area contributed by atoms with Crippen molar-refractivity contribution in [3.05, 3.63) is 16.1 Å². The first-order valence-electron chi connectivity index (χ1n) is 10.4. The highest BCUT2D eigenvalue weighted by molar-refractivity contribution is 7.09. The van der Waals surface area contributed by atoms with Crippen LogP contribution in [0.2, 0.25) is 0 Å². The Labute approximate surface area is 161 Å². The smallest absolute Gasteiger partial charge is 0.226 e. The van der Waals surface area contributed by atoms with Gasteiger partial charge in [-0.3, -0.25) is 14.6 Å². The van der Waals surface area contributed by atoms with Gasteiger partial charge in [-0.1, -0.05) is 0 Å². The third kappa shape index (κ3) is 4.29. The van der Waals surface area contributed by atoms with E-state index in [1.54, 1.807) is 11.3 Å². The van der Waals surface area contributed by atoms with Gasteiger partial charge in [0.25, 0.3) is 0 Å². The van der Waals surface area contributed by atoms with E-state index in [-0.39, 0.29) is 5.92 Å². The summed E-state index contributed by atoms with van der Waals surface area (Å²) in [6.45, 7) is 9.54. The van der Waals surface area contributed by atoms with Crippen LogP contribution in [0, 0.1) is 12.8 Å². The molecular weight excluding hydrogens is 344 g/mol. The summed E-state index contributed by atoms with van der Waals surface area (Å²) in [5.74, 6) is 0.682. The number of aromatic nitrogens is 1. The highest BCUT2D eigenvalue weighted by atomic mass is 32.1. The predicted octanol–water partition coefficient (Wildman–Crippen LogP) is 2.75. The molecule has 3 saturated heterocycles. The van der Waals surface area contributed by atoms with Gasteiger partial charge in [-0.05, 0) is 52.0 Å². The summed E-state index contributed by atoms with van der Waals surface area (Å²) in [6, 6.07) is 0.664. The minimum Gasteiger partial charge on any atom is -0.342 e. The van der Waals surface area contributed by atoms with E-state index < -0.39 is 0 Å². The molecule has 4 heterocycles. The zero-order valence-electron chi connectivity index (χ0n) is 16.0. The van der Waals surface area contributed by atoms with Crippen LogP contribution in [-0.2, 0) is 11.3 Å². The lowest BCUT2D eigenvalue weighted by Gasteiger charge is -2.42. The molecule has 26 heavy (non-hydrogen) atoms. The normalized spacial score (nSPS) is 26.5. The Bertz CT molecular complexity index is 605. The number of amides is 1. The Morgan fingerprint density at radius 1 is 1.12 bits per heavy atom. The molecule has 5 nitrogen and oxygen atoms in total. The first kappa shape index (κ1) is 18.4. The van der Waals surface area contributed by atoms with Crippen molar-refractivity contribution in [2.75, 3.05) is 39.3 Å². The molecule has 3 aliphatic rings. The second-order valence-electron chi connectivity index (χ2n) is 8.23. The number of piperidine rings is 2. The number of carbonyl (C=O) groups excluding carboxylic acids is 1. The van der Waals surface area contributed by atoms with E-state index in [0.29, 0.717) is 11.9 Å². The highest BCUT2D eigenvalue weighted by Crippen LogP contribution is 2.26. The molecule has 3 aliphatic heterocycles. The van der Waals surface area contributed by atoms with E-state index in [1.165, 1.54) is 44.3 Å². The molecule has 0 unspecified atom stereocenters. The lowest BCUT2D eigenvalue weighted by molar-refractivity contribution is -0.136. The molecule has 0 N–H and O–H groups in total. The molecule has 1 atom stereocenters. The first-order chi connectivity index (χ1) is 12.7. The molecule has 0 aliphatic carbocycles. The fourth-order valence-corrected chi connectivity index (χ4v) is 5.49. The number of thiazole rings is 1. The third-order valence-electron chi connectivity index (χ3n) is 6.35. The minimum absolute atomic E-state index is 0.248. The van der Waals surface area contributed by atoms with Crippen molar-refractivity contribution >= 4 is 17.2 Å². The topological polar surface area (TPSA) is 39.7 Å². The zero-order valence-corrected chi connectivity index (χ0v) is 16.8. The second-order valence-corrected chi connectivity index (χ2v) is 9.29. The number of hydrogen-bond acceptors (Lipinski definition) is 5. The molecule has 1 aromatic heterocycles. The van der Waals surface area contributed by atoms with Crippen LogP contribution in [0.3, 0.4) is 0 Å². The molecular formula is C20H32N4OS. The first-order valence-corrected chi connectivity index (χ1v) is 11.2. The molecule has 1 amide bonds. The van der Waals surface area contributed by atoms with Crippen molar-refractivity contribution < 1.29 is 4.79 Å². The Morgan fingerprint density at radius 3 is 2.58 bits per heavy atom. The quantitative estimate of drug-likeness (QED) is 0.810. The van der Waals surface area contributed by atoms with Gasteiger partial charge in [-0.2, -0.15) is 0 Å². The van der Waals surface area contributed by atoms with Crippen molar-refractivity contribution in [1.29, 1.82) is 0 Å². The monoisotopic (exact) mass is 376 g/mol. The summed E-state index contributed by atoms with van der Waals surface area (Å²) in [5.41, 5.74) is 1.22. The van der Waals surface area contributed by atoms with E-state index in [0.717, 1.165) is 50.7 Å². The van der Waals surface area contributed by atoms with Crippen LogP contribution in [0.1, 0.15) is 49.2 Å². The van der Waals surface area contributed by atoms with Gasteiger partial charge in [-0.15, -0.1) is 11.3 Å². The fraction of sp³-hybridized carbons (Fsp3) is 0.800. The van der Waals surface area contributed by atoms with Gasteiger partial charge in [0.2, 0.25) is 5.91 Å². The molecule has 0 radical (unpaired) electrons. The molecule has 144 valence electrons. The summed E-state index contributed by atoms with van der Waals surface area (Å²) in [5, 5.41) is 3.36. The van der Waals surface area contributed by atoms with Crippen molar-refractivity contribution in [1.82, 2.24) is 19.7 Å². The van der Waals surface area contributed by atoms with Gasteiger partial charge in [-0.25, -0.2) is 4.98 Å². The standard InChI is InChI=1S/C20H32N4OS/c1-16-21-18(15-26-16)14-22-11-6-19(7-12-22)24-10-4-5-17(13-24)20(25)23-8-2-3-9-23/h15,17,19H,2-14H2,1H3/t17-/m1/s1. The van der Waals surface area contributed by atoms with Crippen LogP contribution in [0.25, 0.3) is 0 Å². The maximum absolute atomic E-state index is 12.8. The van der Waals surface area contributed by atoms with E-state index in [2.05, 4.69) is 32.0 Å². The van der Waals surface area contributed by atoms with E-state index in [4.69, 9.17) is 0 Å². The van der Waals surface area contributed by atoms with E-state index in [1.807, 2.05) is 0 Å². The summed E-state index contributed by atoms with van der Waals surface area (Å²) < 4.78 is 0. The number of rotatable bonds is 4. The molecule has 0 bridgehead atoms. The minimum atomic E-state index is 0.248. The Hall–Kier alpha value is -0.980. The number of aryl methyl sites for hydroxylation is 1. The number of hydrogen-bond donors (Lipinski definition) is 0. The third-order valence-corrected chi connectivity index (χ3v) is 7.17. The Balaban J connectivity index is 1.26. The molecule has 0 spiro atoms. The highest BCUT2D eigenvalue weighted by Gasteiger charge is 2.34. The van der Waals surface area contributed by atoms with E-state index in [9.17, 15) is 4.79 Å². The summed E-state index contributed by atoms with van der Waals surface area (Å²) in [4.78, 5) is 24.7. The van der Waals surface area contributed by atoms with Crippen LogP contribution >= 0.6 is 11.3 Å². The van der Waals surface area contributed by atoms with Gasteiger partial charge >= 0.3 is 0 Å². The maximum atomic E-state index is 12.8. The van der Waals surface area contributed by atoms with Crippen molar-refractivity contribution in [3.8, 4) is 0 Å². The number of carbonyl (C=O) groups is 1. The lowest BCUT2D eigenvalue weighted by atomic mass is 9.93. The van der Waals surface area contributed by atoms with Gasteiger partial charge in [0, 0.05) is 50.7 Å². The average Bonchev–Trinajstić information content (AvgIpc) is 3.34. The van der Waals surface area contributed by atoms with Crippen LogP contribution in [0.5, 0.6) is 0 Å². The summed E-state index contributed by atoms with van der Waals surface area (Å²) >= 11 is 1.75. The second kappa shape index (κ2) is 8.36. The van der Waals surface area contributed by atoms with Crippen molar-refractivity contribution in [2.24, 2.45) is 5.92 Å². The van der Waals surface area contributed by atoms with Crippen LogP contribution in [-0.4, -0.2) is 70.9 Å². The fourth-order valence-electron chi connectivity index (χ4n) is 4.89. The SMILES string of the molecule is Cc1nc(CN2CCC(N3CCC[C@@H](C(=O)N4CCCC4)C3)CC2)cs1. The summed E-state index contributed by atoms with van der Waals surface area (Å²) in [6.07, 6.45) is 7.12. The number of likely N-dealkylation sites (tertiary alicyclic amines) is 3. The Kier molecular flexibility index (Phi) is 5.91. The van der Waals surface area contributed by atoms with Crippen LogP contribution in [0.4, 0.5) is 0 Å². The maximum Gasteiger partial charge on any atom is 0.226 e. The Morgan fingerprint density at radius 2 is 1.88 bits per heavy atom.